The van der Waals surface area contributed by atoms with Gasteiger partial charge in [-0.1, -0.05) is 34.1 Å². The van der Waals surface area contributed by atoms with E-state index in [0.717, 1.165) is 12.8 Å². The van der Waals surface area contributed by atoms with Crippen molar-refractivity contribution < 1.29 is 4.92 Å². The molecular formula is C11H20N4O2. The quantitative estimate of drug-likeness (QED) is 0.585. The summed E-state index contributed by atoms with van der Waals surface area (Å²) in [5.41, 5.74) is 0.453. The highest BCUT2D eigenvalue weighted by molar-refractivity contribution is 5.26. The topological polar surface area (TPSA) is 73.8 Å². The maximum Gasteiger partial charge on any atom is 0.368 e. The predicted molar refractivity (Wildman–Crippen MR) is 64.7 cm³/mol. The third-order valence-corrected chi connectivity index (χ3v) is 2.37. The Morgan fingerprint density at radius 1 is 1.41 bits per heavy atom. The fourth-order valence-electron chi connectivity index (χ4n) is 1.62. The molecule has 0 N–H and O–H groups in total. The first-order valence-electron chi connectivity index (χ1n) is 5.92. The number of hydrogen-bond donors (Lipinski definition) is 0. The zero-order valence-corrected chi connectivity index (χ0v) is 10.9. The lowest BCUT2D eigenvalue weighted by molar-refractivity contribution is -0.393. The Kier molecular flexibility index (Phi) is 4.20. The number of nitro groups is 1. The molecule has 96 valence electrons. The largest absolute Gasteiger partial charge is 0.368 e. The molecular weight excluding hydrogens is 220 g/mol. The summed E-state index contributed by atoms with van der Waals surface area (Å²) in [5, 5.41) is 18.9. The second kappa shape index (κ2) is 5.25. The molecule has 0 atom stereocenters. The summed E-state index contributed by atoms with van der Waals surface area (Å²) in [5.74, 6) is 0.0494. The van der Waals surface area contributed by atoms with Gasteiger partial charge in [0.05, 0.1) is 0 Å². The van der Waals surface area contributed by atoms with Gasteiger partial charge in [0.2, 0.25) is 0 Å². The van der Waals surface area contributed by atoms with Crippen LogP contribution in [0.4, 0.5) is 5.82 Å². The van der Waals surface area contributed by atoms with Crippen LogP contribution in [-0.2, 0) is 13.0 Å². The molecule has 0 saturated carbocycles. The standard InChI is InChI=1S/C11H20N4O2/c1-5-6-7-14-10(15(16)17)9(12-13-14)8-11(2,3)4/h5-8H2,1-4H3. The molecule has 17 heavy (non-hydrogen) atoms. The minimum Gasteiger partial charge on any atom is -0.358 e. The van der Waals surface area contributed by atoms with Crippen LogP contribution in [-0.4, -0.2) is 19.9 Å². The lowest BCUT2D eigenvalue weighted by atomic mass is 9.90. The van der Waals surface area contributed by atoms with Crippen LogP contribution in [0.15, 0.2) is 0 Å². The molecule has 0 aliphatic rings. The molecule has 0 radical (unpaired) electrons. The summed E-state index contributed by atoms with van der Waals surface area (Å²) in [4.78, 5) is 10.7. The zero-order valence-electron chi connectivity index (χ0n) is 10.9. The molecule has 0 aliphatic heterocycles. The fourth-order valence-corrected chi connectivity index (χ4v) is 1.62. The van der Waals surface area contributed by atoms with E-state index in [9.17, 15) is 10.1 Å². The predicted octanol–water partition coefficient (Wildman–Crippen LogP) is 2.58. The first-order valence-corrected chi connectivity index (χ1v) is 5.92. The van der Waals surface area contributed by atoms with Crippen molar-refractivity contribution in [3.8, 4) is 0 Å². The van der Waals surface area contributed by atoms with Crippen molar-refractivity contribution in [2.45, 2.75) is 53.5 Å². The van der Waals surface area contributed by atoms with Gasteiger partial charge in [-0.25, -0.2) is 0 Å². The highest BCUT2D eigenvalue weighted by Crippen LogP contribution is 2.25. The SMILES string of the molecule is CCCCn1nnc(CC(C)(C)C)c1[N+](=O)[O-]. The van der Waals surface area contributed by atoms with E-state index < -0.39 is 0 Å². The summed E-state index contributed by atoms with van der Waals surface area (Å²) in [6.07, 6.45) is 2.42. The lowest BCUT2D eigenvalue weighted by Gasteiger charge is -2.15. The van der Waals surface area contributed by atoms with Gasteiger partial charge in [-0.3, -0.25) is 0 Å². The van der Waals surface area contributed by atoms with Gasteiger partial charge in [-0.2, -0.15) is 0 Å². The monoisotopic (exact) mass is 240 g/mol. The van der Waals surface area contributed by atoms with Crippen LogP contribution in [0.3, 0.4) is 0 Å². The average molecular weight is 240 g/mol. The van der Waals surface area contributed by atoms with Crippen molar-refractivity contribution in [3.63, 3.8) is 0 Å². The summed E-state index contributed by atoms with van der Waals surface area (Å²) in [6.45, 7) is 8.69. The molecule has 1 aromatic heterocycles. The van der Waals surface area contributed by atoms with Crippen molar-refractivity contribution in [2.24, 2.45) is 5.41 Å². The van der Waals surface area contributed by atoms with Crippen molar-refractivity contribution in [1.82, 2.24) is 15.0 Å². The average Bonchev–Trinajstić information content (AvgIpc) is 2.55. The van der Waals surface area contributed by atoms with Crippen LogP contribution < -0.4 is 0 Å². The number of hydrogen-bond acceptors (Lipinski definition) is 4. The van der Waals surface area contributed by atoms with E-state index >= 15 is 0 Å². The molecule has 1 aromatic rings. The van der Waals surface area contributed by atoms with Gasteiger partial charge in [0, 0.05) is 11.6 Å². The molecule has 0 saturated heterocycles. The highest BCUT2D eigenvalue weighted by atomic mass is 16.6. The molecule has 6 nitrogen and oxygen atoms in total. The zero-order chi connectivity index (χ0) is 13.1. The van der Waals surface area contributed by atoms with E-state index in [-0.39, 0.29) is 16.2 Å². The Morgan fingerprint density at radius 3 is 2.53 bits per heavy atom. The van der Waals surface area contributed by atoms with Gasteiger partial charge in [-0.15, -0.1) is 9.78 Å². The minimum atomic E-state index is -0.378. The number of aryl methyl sites for hydroxylation is 1. The Balaban J connectivity index is 2.98. The van der Waals surface area contributed by atoms with E-state index in [4.69, 9.17) is 0 Å². The molecule has 6 heteroatoms. The number of nitrogens with zero attached hydrogens (tertiary/aromatic N) is 4. The second-order valence-electron chi connectivity index (χ2n) is 5.43. The third kappa shape index (κ3) is 3.80. The molecule has 0 amide bonds. The number of rotatable bonds is 5. The minimum absolute atomic E-state index is 0.0314. The Bertz CT molecular complexity index is 393. The van der Waals surface area contributed by atoms with E-state index in [0.29, 0.717) is 18.7 Å². The van der Waals surface area contributed by atoms with E-state index in [2.05, 4.69) is 10.3 Å². The van der Waals surface area contributed by atoms with Crippen LogP contribution >= 0.6 is 0 Å². The molecule has 0 spiro atoms. The smallest absolute Gasteiger partial charge is 0.358 e. The van der Waals surface area contributed by atoms with Gasteiger partial charge < -0.3 is 10.1 Å². The van der Waals surface area contributed by atoms with Crippen LogP contribution in [0.2, 0.25) is 0 Å². The van der Waals surface area contributed by atoms with E-state index in [1.807, 2.05) is 27.7 Å². The first kappa shape index (κ1) is 13.6. The number of aromatic nitrogens is 3. The van der Waals surface area contributed by atoms with Crippen LogP contribution in [0.25, 0.3) is 0 Å². The molecule has 1 heterocycles. The highest BCUT2D eigenvalue weighted by Gasteiger charge is 2.27. The lowest BCUT2D eigenvalue weighted by Crippen LogP contribution is -2.12. The Hall–Kier alpha value is -1.46. The maximum absolute atomic E-state index is 11.1. The van der Waals surface area contributed by atoms with Crippen LogP contribution in [0.1, 0.15) is 46.2 Å². The number of unbranched alkanes of at least 4 members (excludes halogenated alkanes) is 1. The molecule has 0 unspecified atom stereocenters. The Labute approximate surface area is 101 Å². The van der Waals surface area contributed by atoms with Gasteiger partial charge in [-0.05, 0) is 16.8 Å². The van der Waals surface area contributed by atoms with Crippen LogP contribution in [0, 0.1) is 15.5 Å². The van der Waals surface area contributed by atoms with Crippen molar-refractivity contribution in [3.05, 3.63) is 15.8 Å². The fraction of sp³-hybridized carbons (Fsp3) is 0.818. The molecule has 1 rings (SSSR count). The van der Waals surface area contributed by atoms with Gasteiger partial charge >= 0.3 is 5.82 Å². The van der Waals surface area contributed by atoms with Crippen LogP contribution in [0.5, 0.6) is 0 Å². The summed E-state index contributed by atoms with van der Waals surface area (Å²) < 4.78 is 1.41. The maximum atomic E-state index is 11.1. The van der Waals surface area contributed by atoms with E-state index in [1.165, 1.54) is 4.68 Å². The van der Waals surface area contributed by atoms with Gasteiger partial charge in [0.25, 0.3) is 0 Å². The summed E-state index contributed by atoms with van der Waals surface area (Å²) in [6, 6.07) is 0. The molecule has 0 bridgehead atoms. The normalized spacial score (nSPS) is 11.8. The molecule has 0 fully saturated rings. The van der Waals surface area contributed by atoms with Crippen molar-refractivity contribution in [1.29, 1.82) is 0 Å². The third-order valence-electron chi connectivity index (χ3n) is 2.37. The molecule has 0 aliphatic carbocycles. The van der Waals surface area contributed by atoms with Crippen molar-refractivity contribution in [2.75, 3.05) is 0 Å². The first-order chi connectivity index (χ1) is 7.85. The van der Waals surface area contributed by atoms with E-state index in [1.54, 1.807) is 0 Å². The summed E-state index contributed by atoms with van der Waals surface area (Å²) >= 11 is 0. The summed E-state index contributed by atoms with van der Waals surface area (Å²) in [7, 11) is 0. The Morgan fingerprint density at radius 2 is 2.06 bits per heavy atom. The van der Waals surface area contributed by atoms with Crippen molar-refractivity contribution >= 4 is 5.82 Å². The second-order valence-corrected chi connectivity index (χ2v) is 5.43. The molecule has 0 aromatic carbocycles. The van der Waals surface area contributed by atoms with Gasteiger partial charge in [0.1, 0.15) is 6.54 Å². The van der Waals surface area contributed by atoms with Gasteiger partial charge in [0.15, 0.2) is 5.69 Å².